The average molecular weight is 609 g/mol. The van der Waals surface area contributed by atoms with Crippen molar-refractivity contribution in [2.24, 2.45) is 5.10 Å². The van der Waals surface area contributed by atoms with Crippen molar-refractivity contribution in [3.63, 3.8) is 0 Å². The number of hydrogen-bond acceptors (Lipinski definition) is 6. The minimum atomic E-state index is -0.305. The number of carbonyl (C=O) groups excluding carboxylic acids is 1. The molecule has 0 saturated heterocycles. The lowest BCUT2D eigenvalue weighted by molar-refractivity contribution is -0.118. The summed E-state index contributed by atoms with van der Waals surface area (Å²) in [5.41, 5.74) is 5.37. The minimum Gasteiger partial charge on any atom is -0.496 e. The Labute approximate surface area is 260 Å². The molecule has 224 valence electrons. The first kappa shape index (κ1) is 30.5. The molecule has 0 radical (unpaired) electrons. The number of carbonyl (C=O) groups is 1. The number of hydrogen-bond donors (Lipinski definition) is 1. The van der Waals surface area contributed by atoms with E-state index in [9.17, 15) is 9.59 Å². The SMILES string of the molecule is COc1cc(C)c(-c2nc3ccccc3c(=O)n2N=Cc2ccc(OCC(=O)Nc3ccc(C)cc3)c(Cl)c2)cc1C(C)C. The van der Waals surface area contributed by atoms with Crippen LogP contribution in [0.15, 0.2) is 88.8 Å². The number of para-hydroxylation sites is 1. The van der Waals surface area contributed by atoms with E-state index in [0.29, 0.717) is 38.8 Å². The first-order valence-electron chi connectivity index (χ1n) is 14.2. The molecule has 0 aliphatic rings. The largest absolute Gasteiger partial charge is 0.496 e. The predicted molar refractivity (Wildman–Crippen MR) is 177 cm³/mol. The van der Waals surface area contributed by atoms with E-state index in [1.54, 1.807) is 43.7 Å². The molecule has 0 spiro atoms. The van der Waals surface area contributed by atoms with Gasteiger partial charge in [0, 0.05) is 11.3 Å². The molecule has 0 fully saturated rings. The number of halogens is 1. The number of methoxy groups -OCH3 is 1. The number of nitrogens with zero attached hydrogens (tertiary/aromatic N) is 3. The maximum Gasteiger partial charge on any atom is 0.282 e. The van der Waals surface area contributed by atoms with Crippen molar-refractivity contribution >= 4 is 40.3 Å². The number of nitrogens with one attached hydrogen (secondary N) is 1. The second kappa shape index (κ2) is 13.1. The number of aryl methyl sites for hydroxylation is 2. The minimum absolute atomic E-state index is 0.185. The zero-order valence-corrected chi connectivity index (χ0v) is 26.0. The van der Waals surface area contributed by atoms with Crippen LogP contribution in [-0.2, 0) is 4.79 Å². The van der Waals surface area contributed by atoms with Crippen molar-refractivity contribution in [1.82, 2.24) is 9.66 Å². The maximum atomic E-state index is 13.7. The molecule has 1 N–H and O–H groups in total. The van der Waals surface area contributed by atoms with Gasteiger partial charge in [0.25, 0.3) is 11.5 Å². The molecule has 8 nitrogen and oxygen atoms in total. The molecule has 5 rings (SSSR count). The van der Waals surface area contributed by atoms with Gasteiger partial charge in [-0.05, 0) is 91.1 Å². The lowest BCUT2D eigenvalue weighted by Gasteiger charge is -2.17. The Hall–Kier alpha value is -4.95. The fourth-order valence-electron chi connectivity index (χ4n) is 4.79. The molecule has 1 amide bonds. The summed E-state index contributed by atoms with van der Waals surface area (Å²) in [7, 11) is 1.65. The molecule has 1 heterocycles. The van der Waals surface area contributed by atoms with Gasteiger partial charge in [0.05, 0.1) is 29.2 Å². The quantitative estimate of drug-likeness (QED) is 0.176. The van der Waals surface area contributed by atoms with Gasteiger partial charge in [-0.15, -0.1) is 0 Å². The molecule has 9 heteroatoms. The van der Waals surface area contributed by atoms with E-state index in [2.05, 4.69) is 24.3 Å². The van der Waals surface area contributed by atoms with Gasteiger partial charge < -0.3 is 14.8 Å². The fourth-order valence-corrected chi connectivity index (χ4v) is 5.03. The van der Waals surface area contributed by atoms with E-state index in [0.717, 1.165) is 28.0 Å². The van der Waals surface area contributed by atoms with E-state index >= 15 is 0 Å². The molecule has 0 saturated carbocycles. The predicted octanol–water partition coefficient (Wildman–Crippen LogP) is 7.37. The molecular weight excluding hydrogens is 576 g/mol. The zero-order valence-electron chi connectivity index (χ0n) is 25.2. The number of amides is 1. The van der Waals surface area contributed by atoms with Crippen LogP contribution in [0.1, 0.15) is 42.0 Å². The molecule has 0 bridgehead atoms. The van der Waals surface area contributed by atoms with Crippen molar-refractivity contribution in [2.75, 3.05) is 19.0 Å². The third-order valence-corrected chi connectivity index (χ3v) is 7.46. The maximum absolute atomic E-state index is 13.7. The topological polar surface area (TPSA) is 94.8 Å². The number of anilines is 1. The third kappa shape index (κ3) is 6.66. The first-order chi connectivity index (χ1) is 21.1. The summed E-state index contributed by atoms with van der Waals surface area (Å²) in [5, 5.41) is 8.13. The van der Waals surface area contributed by atoms with Gasteiger partial charge in [-0.1, -0.05) is 55.3 Å². The summed E-state index contributed by atoms with van der Waals surface area (Å²) in [6.45, 7) is 7.90. The van der Waals surface area contributed by atoms with E-state index < -0.39 is 0 Å². The van der Waals surface area contributed by atoms with E-state index in [-0.39, 0.29) is 24.0 Å². The molecule has 0 aliphatic carbocycles. The molecule has 1 aromatic heterocycles. The summed E-state index contributed by atoms with van der Waals surface area (Å²) in [6, 6.07) is 23.7. The monoisotopic (exact) mass is 608 g/mol. The highest BCUT2D eigenvalue weighted by molar-refractivity contribution is 6.32. The number of benzene rings is 4. The normalized spacial score (nSPS) is 11.3. The smallest absolute Gasteiger partial charge is 0.282 e. The van der Waals surface area contributed by atoms with Crippen molar-refractivity contribution in [1.29, 1.82) is 0 Å². The molecule has 0 aliphatic heterocycles. The van der Waals surface area contributed by atoms with Gasteiger partial charge >= 0.3 is 0 Å². The van der Waals surface area contributed by atoms with Crippen LogP contribution in [0, 0.1) is 13.8 Å². The van der Waals surface area contributed by atoms with Crippen LogP contribution in [0.25, 0.3) is 22.3 Å². The Kier molecular flexibility index (Phi) is 9.11. The summed E-state index contributed by atoms with van der Waals surface area (Å²) in [4.78, 5) is 30.9. The number of fused-ring (bicyclic) bond motifs is 1. The molecule has 4 aromatic carbocycles. The van der Waals surface area contributed by atoms with Gasteiger partial charge in [-0.2, -0.15) is 9.78 Å². The second-order valence-electron chi connectivity index (χ2n) is 10.8. The van der Waals surface area contributed by atoms with E-state index in [1.165, 1.54) is 4.68 Å². The second-order valence-corrected chi connectivity index (χ2v) is 11.2. The summed E-state index contributed by atoms with van der Waals surface area (Å²) in [6.07, 6.45) is 1.54. The van der Waals surface area contributed by atoms with Gasteiger partial charge in [-0.3, -0.25) is 9.59 Å². The van der Waals surface area contributed by atoms with Crippen LogP contribution in [0.4, 0.5) is 5.69 Å². The fraction of sp³-hybridized carbons (Fsp3) is 0.200. The van der Waals surface area contributed by atoms with Crippen molar-refractivity contribution < 1.29 is 14.3 Å². The molecule has 5 aromatic rings. The van der Waals surface area contributed by atoms with Crippen molar-refractivity contribution in [3.05, 3.63) is 116 Å². The van der Waals surface area contributed by atoms with Crippen molar-refractivity contribution in [3.8, 4) is 22.9 Å². The lowest BCUT2D eigenvalue weighted by Crippen LogP contribution is -2.21. The number of rotatable bonds is 9. The van der Waals surface area contributed by atoms with Crippen molar-refractivity contribution in [2.45, 2.75) is 33.6 Å². The van der Waals surface area contributed by atoms with Gasteiger partial charge in [0.1, 0.15) is 11.5 Å². The Morgan fingerprint density at radius 1 is 1.02 bits per heavy atom. The highest BCUT2D eigenvalue weighted by Crippen LogP contribution is 2.34. The van der Waals surface area contributed by atoms with Crippen LogP contribution in [0.2, 0.25) is 5.02 Å². The van der Waals surface area contributed by atoms with Gasteiger partial charge in [-0.25, -0.2) is 4.98 Å². The Morgan fingerprint density at radius 3 is 2.48 bits per heavy atom. The van der Waals surface area contributed by atoms with Crippen LogP contribution in [0.3, 0.4) is 0 Å². The summed E-state index contributed by atoms with van der Waals surface area (Å²) in [5.74, 6) is 1.43. The highest BCUT2D eigenvalue weighted by Gasteiger charge is 2.18. The average Bonchev–Trinajstić information content (AvgIpc) is 3.01. The summed E-state index contributed by atoms with van der Waals surface area (Å²) >= 11 is 6.49. The molecule has 0 unspecified atom stereocenters. The van der Waals surface area contributed by atoms with Crippen LogP contribution in [0.5, 0.6) is 11.5 Å². The first-order valence-corrected chi connectivity index (χ1v) is 14.6. The van der Waals surface area contributed by atoms with Crippen LogP contribution in [-0.4, -0.2) is 35.5 Å². The molecular formula is C35H33ClN4O4. The number of ether oxygens (including phenoxy) is 2. The molecule has 0 atom stereocenters. The van der Waals surface area contributed by atoms with E-state index in [1.807, 2.05) is 62.4 Å². The standard InChI is InChI=1S/C35H33ClN4O4/c1-21(2)27-18-28(23(4)16-32(27)43-5)34-39-30-9-7-6-8-26(30)35(42)40(34)37-19-24-12-15-31(29(36)17-24)44-20-33(41)38-25-13-10-22(3)11-14-25/h6-19,21H,20H2,1-5H3,(H,38,41). The zero-order chi connectivity index (χ0) is 31.4. The highest BCUT2D eigenvalue weighted by atomic mass is 35.5. The Bertz CT molecular complexity index is 1930. The van der Waals surface area contributed by atoms with Gasteiger partial charge in [0.15, 0.2) is 12.4 Å². The lowest BCUT2D eigenvalue weighted by atomic mass is 9.96. The Balaban J connectivity index is 1.44. The third-order valence-electron chi connectivity index (χ3n) is 7.17. The summed E-state index contributed by atoms with van der Waals surface area (Å²) < 4.78 is 12.6. The van der Waals surface area contributed by atoms with Crippen LogP contribution >= 0.6 is 11.6 Å². The molecule has 44 heavy (non-hydrogen) atoms. The Morgan fingerprint density at radius 2 is 1.77 bits per heavy atom. The van der Waals surface area contributed by atoms with Crippen LogP contribution < -0.4 is 20.3 Å². The van der Waals surface area contributed by atoms with E-state index in [4.69, 9.17) is 26.1 Å². The van der Waals surface area contributed by atoms with Gasteiger partial charge in [0.2, 0.25) is 0 Å². The number of aromatic nitrogens is 2.